The molecule has 0 spiro atoms. The van der Waals surface area contributed by atoms with Gasteiger partial charge in [0.05, 0.1) is 10.9 Å². The van der Waals surface area contributed by atoms with E-state index in [0.29, 0.717) is 39.7 Å². The van der Waals surface area contributed by atoms with E-state index in [1.807, 2.05) is 66.7 Å². The van der Waals surface area contributed by atoms with Crippen LogP contribution in [-0.2, 0) is 6.61 Å². The standard InChI is InChI=1S/C29H21ClO4/c1-19-28(21-10-12-22(30)13-11-21)29(31)26-15-14-24(17-27(26)33-19)32-18-20-6-5-9-25(16-20)34-23-7-3-2-4-8-23/h2-17H,18H2,1H3. The Morgan fingerprint density at radius 1 is 0.794 bits per heavy atom. The molecule has 0 N–H and O–H groups in total. The molecule has 1 aromatic heterocycles. The van der Waals surface area contributed by atoms with E-state index in [2.05, 4.69) is 0 Å². The van der Waals surface area contributed by atoms with Gasteiger partial charge >= 0.3 is 0 Å². The smallest absolute Gasteiger partial charge is 0.200 e. The Labute approximate surface area is 202 Å². The first-order chi connectivity index (χ1) is 16.6. The predicted molar refractivity (Wildman–Crippen MR) is 135 cm³/mol. The summed E-state index contributed by atoms with van der Waals surface area (Å²) in [6.45, 7) is 2.14. The van der Waals surface area contributed by atoms with E-state index in [4.69, 9.17) is 25.5 Å². The summed E-state index contributed by atoms with van der Waals surface area (Å²) >= 11 is 5.99. The van der Waals surface area contributed by atoms with Gasteiger partial charge in [-0.1, -0.05) is 54.1 Å². The normalized spacial score (nSPS) is 10.9. The third-order valence-corrected chi connectivity index (χ3v) is 5.71. The zero-order chi connectivity index (χ0) is 23.5. The van der Waals surface area contributed by atoms with Crippen molar-refractivity contribution in [1.29, 1.82) is 0 Å². The molecule has 0 aliphatic carbocycles. The van der Waals surface area contributed by atoms with Crippen molar-refractivity contribution in [2.75, 3.05) is 0 Å². The van der Waals surface area contributed by atoms with Crippen molar-refractivity contribution in [3.63, 3.8) is 0 Å². The molecule has 0 atom stereocenters. The summed E-state index contributed by atoms with van der Waals surface area (Å²) in [5.41, 5.74) is 2.67. The minimum atomic E-state index is -0.0848. The van der Waals surface area contributed by atoms with Crippen LogP contribution in [0.5, 0.6) is 17.2 Å². The average Bonchev–Trinajstić information content (AvgIpc) is 2.84. The average molecular weight is 469 g/mol. The van der Waals surface area contributed by atoms with E-state index >= 15 is 0 Å². The van der Waals surface area contributed by atoms with Gasteiger partial charge in [0, 0.05) is 11.1 Å². The molecule has 0 aliphatic rings. The van der Waals surface area contributed by atoms with Crippen LogP contribution >= 0.6 is 11.6 Å². The Hall–Kier alpha value is -4.02. The van der Waals surface area contributed by atoms with Crippen LogP contribution < -0.4 is 14.9 Å². The number of rotatable bonds is 6. The maximum Gasteiger partial charge on any atom is 0.200 e. The van der Waals surface area contributed by atoms with Gasteiger partial charge in [0.25, 0.3) is 0 Å². The van der Waals surface area contributed by atoms with Crippen LogP contribution in [0.25, 0.3) is 22.1 Å². The van der Waals surface area contributed by atoms with Crippen LogP contribution in [0, 0.1) is 6.92 Å². The minimum Gasteiger partial charge on any atom is -0.489 e. The Kier molecular flexibility index (Phi) is 6.07. The molecule has 0 fully saturated rings. The first-order valence-corrected chi connectivity index (χ1v) is 11.2. The molecule has 34 heavy (non-hydrogen) atoms. The first-order valence-electron chi connectivity index (χ1n) is 10.8. The highest BCUT2D eigenvalue weighted by Crippen LogP contribution is 2.28. The summed E-state index contributed by atoms with van der Waals surface area (Å²) in [6.07, 6.45) is 0. The summed E-state index contributed by atoms with van der Waals surface area (Å²) in [4.78, 5) is 13.2. The number of benzene rings is 4. The van der Waals surface area contributed by atoms with Gasteiger partial charge in [0.2, 0.25) is 5.43 Å². The molecule has 0 amide bonds. The lowest BCUT2D eigenvalue weighted by Gasteiger charge is -2.11. The molecule has 168 valence electrons. The summed E-state index contributed by atoms with van der Waals surface area (Å²) in [7, 11) is 0. The van der Waals surface area contributed by atoms with Crippen LogP contribution in [0.2, 0.25) is 5.02 Å². The van der Waals surface area contributed by atoms with Crippen LogP contribution in [0.15, 0.2) is 106 Å². The van der Waals surface area contributed by atoms with Gasteiger partial charge < -0.3 is 13.9 Å². The Morgan fingerprint density at radius 3 is 2.35 bits per heavy atom. The number of hydrogen-bond donors (Lipinski definition) is 0. The van der Waals surface area contributed by atoms with Crippen molar-refractivity contribution in [3.8, 4) is 28.4 Å². The zero-order valence-electron chi connectivity index (χ0n) is 18.5. The molecule has 4 aromatic carbocycles. The number of para-hydroxylation sites is 1. The number of fused-ring (bicyclic) bond motifs is 1. The lowest BCUT2D eigenvalue weighted by Crippen LogP contribution is -2.07. The molecule has 4 nitrogen and oxygen atoms in total. The minimum absolute atomic E-state index is 0.0848. The highest BCUT2D eigenvalue weighted by molar-refractivity contribution is 6.30. The van der Waals surface area contributed by atoms with Crippen molar-refractivity contribution < 1.29 is 13.9 Å². The van der Waals surface area contributed by atoms with Crippen molar-refractivity contribution in [2.45, 2.75) is 13.5 Å². The molecule has 0 saturated carbocycles. The van der Waals surface area contributed by atoms with Gasteiger partial charge in [-0.05, 0) is 66.6 Å². The van der Waals surface area contributed by atoms with Crippen LogP contribution in [-0.4, -0.2) is 0 Å². The number of ether oxygens (including phenoxy) is 2. The van der Waals surface area contributed by atoms with Gasteiger partial charge in [0.1, 0.15) is 35.2 Å². The van der Waals surface area contributed by atoms with Crippen LogP contribution in [0.3, 0.4) is 0 Å². The topological polar surface area (TPSA) is 48.7 Å². The molecular formula is C29H21ClO4. The van der Waals surface area contributed by atoms with E-state index in [1.165, 1.54) is 0 Å². The second-order valence-electron chi connectivity index (χ2n) is 7.88. The molecule has 0 unspecified atom stereocenters. The maximum atomic E-state index is 13.2. The summed E-state index contributed by atoms with van der Waals surface area (Å²) in [6, 6.07) is 29.8. The van der Waals surface area contributed by atoms with E-state index in [9.17, 15) is 4.79 Å². The third kappa shape index (κ3) is 4.68. The maximum absolute atomic E-state index is 13.2. The van der Waals surface area contributed by atoms with Gasteiger partial charge in [-0.3, -0.25) is 4.79 Å². The molecule has 0 bridgehead atoms. The molecule has 1 heterocycles. The molecule has 0 aliphatic heterocycles. The molecule has 5 rings (SSSR count). The van der Waals surface area contributed by atoms with Gasteiger partial charge in [-0.15, -0.1) is 0 Å². The van der Waals surface area contributed by atoms with Crippen LogP contribution in [0.1, 0.15) is 11.3 Å². The fraction of sp³-hybridized carbons (Fsp3) is 0.0690. The second-order valence-corrected chi connectivity index (χ2v) is 8.31. The third-order valence-electron chi connectivity index (χ3n) is 5.46. The molecule has 5 heteroatoms. The van der Waals surface area contributed by atoms with Crippen molar-refractivity contribution in [3.05, 3.63) is 124 Å². The summed E-state index contributed by atoms with van der Waals surface area (Å²) < 4.78 is 17.9. The lowest BCUT2D eigenvalue weighted by atomic mass is 10.0. The molecular weight excluding hydrogens is 448 g/mol. The van der Waals surface area contributed by atoms with E-state index in [1.54, 1.807) is 37.3 Å². The fourth-order valence-corrected chi connectivity index (χ4v) is 3.94. The lowest BCUT2D eigenvalue weighted by molar-refractivity contribution is 0.305. The summed E-state index contributed by atoms with van der Waals surface area (Å²) in [5, 5.41) is 1.12. The van der Waals surface area contributed by atoms with E-state index in [0.717, 1.165) is 22.6 Å². The predicted octanol–water partition coefficient (Wildman–Crippen LogP) is 7.79. The zero-order valence-corrected chi connectivity index (χ0v) is 19.2. The number of aryl methyl sites for hydroxylation is 1. The highest BCUT2D eigenvalue weighted by Gasteiger charge is 2.14. The summed E-state index contributed by atoms with van der Waals surface area (Å²) in [5.74, 6) is 2.67. The van der Waals surface area contributed by atoms with E-state index in [-0.39, 0.29) is 5.43 Å². The Morgan fingerprint density at radius 2 is 1.56 bits per heavy atom. The quantitative estimate of drug-likeness (QED) is 0.255. The monoisotopic (exact) mass is 468 g/mol. The van der Waals surface area contributed by atoms with Gasteiger partial charge in [-0.2, -0.15) is 0 Å². The fourth-order valence-electron chi connectivity index (χ4n) is 3.82. The Balaban J connectivity index is 1.36. The van der Waals surface area contributed by atoms with Crippen LogP contribution in [0.4, 0.5) is 0 Å². The first kappa shape index (κ1) is 21.8. The van der Waals surface area contributed by atoms with Crippen molar-refractivity contribution in [2.24, 2.45) is 0 Å². The number of hydrogen-bond acceptors (Lipinski definition) is 4. The van der Waals surface area contributed by atoms with Gasteiger partial charge in [-0.25, -0.2) is 0 Å². The molecule has 5 aromatic rings. The molecule has 0 saturated heterocycles. The highest BCUT2D eigenvalue weighted by atomic mass is 35.5. The molecule has 0 radical (unpaired) electrons. The van der Waals surface area contributed by atoms with Crippen molar-refractivity contribution >= 4 is 22.6 Å². The van der Waals surface area contributed by atoms with Crippen molar-refractivity contribution in [1.82, 2.24) is 0 Å². The Bertz CT molecular complexity index is 1510. The largest absolute Gasteiger partial charge is 0.489 e. The SMILES string of the molecule is Cc1oc2cc(OCc3cccc(Oc4ccccc4)c3)ccc2c(=O)c1-c1ccc(Cl)cc1. The second kappa shape index (κ2) is 9.46. The van der Waals surface area contributed by atoms with E-state index < -0.39 is 0 Å². The number of halogens is 1. The van der Waals surface area contributed by atoms with Gasteiger partial charge in [0.15, 0.2) is 0 Å².